The van der Waals surface area contributed by atoms with Crippen LogP contribution in [0.5, 0.6) is 0 Å². The number of carbonyl (C=O) groups excluding carboxylic acids is 1. The monoisotopic (exact) mass is 255 g/mol. The maximum absolute atomic E-state index is 13.5. The van der Waals surface area contributed by atoms with Crippen LogP contribution in [0.3, 0.4) is 0 Å². The predicted octanol–water partition coefficient (Wildman–Crippen LogP) is 2.64. The summed E-state index contributed by atoms with van der Waals surface area (Å²) in [4.78, 5) is 12.5. The average molecular weight is 255 g/mol. The summed E-state index contributed by atoms with van der Waals surface area (Å²) in [6, 6.07) is 0. The summed E-state index contributed by atoms with van der Waals surface area (Å²) in [6.07, 6.45) is -5.78. The molecule has 1 heterocycles. The molecule has 1 saturated heterocycles. The van der Waals surface area contributed by atoms with Crippen molar-refractivity contribution in [1.82, 2.24) is 4.90 Å². The Labute approximate surface area is 98.0 Å². The molecule has 0 saturated carbocycles. The van der Waals surface area contributed by atoms with E-state index in [1.54, 1.807) is 13.8 Å². The first-order valence-electron chi connectivity index (χ1n) is 5.64. The molecular formula is C11H17F4NO. The first kappa shape index (κ1) is 14.3. The molecule has 2 nitrogen and oxygen atoms in total. The lowest BCUT2D eigenvalue weighted by Crippen LogP contribution is -2.40. The smallest absolute Gasteiger partial charge is 0.339 e. The predicted molar refractivity (Wildman–Crippen MR) is 55.0 cm³/mol. The van der Waals surface area contributed by atoms with Crippen LogP contribution in [0.2, 0.25) is 0 Å². The van der Waals surface area contributed by atoms with Crippen LogP contribution in [-0.4, -0.2) is 36.2 Å². The highest BCUT2D eigenvalue weighted by atomic mass is 19.4. The molecule has 1 rings (SSSR count). The number of halogens is 4. The van der Waals surface area contributed by atoms with Gasteiger partial charge in [-0.3, -0.25) is 4.79 Å². The zero-order valence-corrected chi connectivity index (χ0v) is 10.1. The molecule has 0 spiro atoms. The number of hydrogen-bond donors (Lipinski definition) is 0. The summed E-state index contributed by atoms with van der Waals surface area (Å²) in [5.41, 5.74) is 0. The molecule has 3 atom stereocenters. The van der Waals surface area contributed by atoms with Crippen LogP contribution < -0.4 is 0 Å². The minimum absolute atomic E-state index is 0.0176. The second-order valence-electron chi connectivity index (χ2n) is 4.93. The van der Waals surface area contributed by atoms with Gasteiger partial charge in [0, 0.05) is 12.5 Å². The molecule has 1 fully saturated rings. The van der Waals surface area contributed by atoms with E-state index in [-0.39, 0.29) is 24.9 Å². The van der Waals surface area contributed by atoms with Crippen molar-refractivity contribution in [2.24, 2.45) is 17.8 Å². The van der Waals surface area contributed by atoms with Crippen molar-refractivity contribution in [1.29, 1.82) is 0 Å². The highest BCUT2D eigenvalue weighted by Gasteiger charge is 2.46. The highest BCUT2D eigenvalue weighted by molar-refractivity contribution is 5.79. The number of hydrogen-bond acceptors (Lipinski definition) is 1. The molecule has 0 radical (unpaired) electrons. The number of rotatable bonds is 2. The Bertz CT molecular complexity index is 290. The van der Waals surface area contributed by atoms with Crippen LogP contribution in [0.15, 0.2) is 0 Å². The van der Waals surface area contributed by atoms with E-state index in [4.69, 9.17) is 0 Å². The Morgan fingerprint density at radius 2 is 1.76 bits per heavy atom. The summed E-state index contributed by atoms with van der Waals surface area (Å²) in [5.74, 6) is -3.42. The molecule has 6 heteroatoms. The third kappa shape index (κ3) is 3.10. The van der Waals surface area contributed by atoms with Crippen molar-refractivity contribution >= 4 is 5.91 Å². The molecule has 0 bridgehead atoms. The fourth-order valence-electron chi connectivity index (χ4n) is 2.01. The number of likely N-dealkylation sites (tertiary alicyclic amines) is 1. The molecule has 0 aromatic heterocycles. The van der Waals surface area contributed by atoms with Crippen molar-refractivity contribution in [2.45, 2.75) is 33.1 Å². The lowest BCUT2D eigenvalue weighted by atomic mass is 9.94. The normalized spacial score (nSPS) is 27.6. The summed E-state index contributed by atoms with van der Waals surface area (Å²) in [7, 11) is 0. The van der Waals surface area contributed by atoms with Crippen molar-refractivity contribution in [3.63, 3.8) is 0 Å². The number of amides is 1. The van der Waals surface area contributed by atoms with Crippen LogP contribution >= 0.6 is 0 Å². The largest absolute Gasteiger partial charge is 0.400 e. The fourth-order valence-corrected chi connectivity index (χ4v) is 2.01. The molecule has 17 heavy (non-hydrogen) atoms. The molecule has 1 aliphatic rings. The van der Waals surface area contributed by atoms with Gasteiger partial charge in [-0.25, -0.2) is 4.39 Å². The van der Waals surface area contributed by atoms with E-state index in [9.17, 15) is 22.4 Å². The summed E-state index contributed by atoms with van der Waals surface area (Å²) in [6.45, 7) is 4.29. The fraction of sp³-hybridized carbons (Fsp3) is 0.909. The van der Waals surface area contributed by atoms with Gasteiger partial charge in [-0.1, -0.05) is 13.8 Å². The van der Waals surface area contributed by atoms with E-state index in [0.717, 1.165) is 11.8 Å². The quantitative estimate of drug-likeness (QED) is 0.695. The topological polar surface area (TPSA) is 20.3 Å². The standard InChI is InChI=1S/C11H17F4NO/c1-6(2)8-4-16(5-9(8)12)10(17)7(3)11(13,14)15/h6-9H,4-5H2,1-3H3/t7-,8?,9-/m0/s1. The maximum atomic E-state index is 13.5. The SMILES string of the molecule is CC(C)C1CN(C(=O)[C@H](C)C(F)(F)F)C[C@@H]1F. The first-order valence-corrected chi connectivity index (χ1v) is 5.64. The molecule has 0 aliphatic carbocycles. The van der Waals surface area contributed by atoms with Crippen LogP contribution in [0.25, 0.3) is 0 Å². The van der Waals surface area contributed by atoms with Gasteiger partial charge in [-0.2, -0.15) is 13.2 Å². The third-order valence-corrected chi connectivity index (χ3v) is 3.32. The molecule has 100 valence electrons. The van der Waals surface area contributed by atoms with Gasteiger partial charge in [-0.05, 0) is 12.8 Å². The highest BCUT2D eigenvalue weighted by Crippen LogP contribution is 2.32. The van der Waals surface area contributed by atoms with Crippen LogP contribution in [0.1, 0.15) is 20.8 Å². The average Bonchev–Trinajstić information content (AvgIpc) is 2.56. The Morgan fingerprint density at radius 3 is 2.12 bits per heavy atom. The molecule has 1 aliphatic heterocycles. The first-order chi connectivity index (χ1) is 7.64. The van der Waals surface area contributed by atoms with Crippen LogP contribution in [0.4, 0.5) is 17.6 Å². The van der Waals surface area contributed by atoms with E-state index in [1.807, 2.05) is 0 Å². The minimum atomic E-state index is -4.56. The lowest BCUT2D eigenvalue weighted by molar-refractivity contribution is -0.185. The van der Waals surface area contributed by atoms with E-state index in [0.29, 0.717) is 0 Å². The van der Waals surface area contributed by atoms with Gasteiger partial charge in [0.05, 0.1) is 6.54 Å². The van der Waals surface area contributed by atoms with E-state index in [2.05, 4.69) is 0 Å². The van der Waals surface area contributed by atoms with Gasteiger partial charge < -0.3 is 4.90 Å². The van der Waals surface area contributed by atoms with Crippen molar-refractivity contribution in [3.8, 4) is 0 Å². The lowest BCUT2D eigenvalue weighted by Gasteiger charge is -2.22. The van der Waals surface area contributed by atoms with Gasteiger partial charge in [0.1, 0.15) is 12.1 Å². The molecule has 1 amide bonds. The Hall–Kier alpha value is -0.810. The zero-order valence-electron chi connectivity index (χ0n) is 10.1. The number of carbonyl (C=O) groups is 1. The van der Waals surface area contributed by atoms with Crippen LogP contribution in [-0.2, 0) is 4.79 Å². The molecular weight excluding hydrogens is 238 g/mol. The minimum Gasteiger partial charge on any atom is -0.339 e. The second-order valence-corrected chi connectivity index (χ2v) is 4.93. The summed E-state index contributed by atoms with van der Waals surface area (Å²) in [5, 5.41) is 0. The van der Waals surface area contributed by atoms with Gasteiger partial charge in [0.15, 0.2) is 0 Å². The van der Waals surface area contributed by atoms with Gasteiger partial charge in [0.2, 0.25) is 5.91 Å². The third-order valence-electron chi connectivity index (χ3n) is 3.32. The Kier molecular flexibility index (Phi) is 4.04. The van der Waals surface area contributed by atoms with E-state index < -0.39 is 24.2 Å². The Balaban J connectivity index is 2.68. The molecule has 0 aromatic rings. The van der Waals surface area contributed by atoms with Gasteiger partial charge >= 0.3 is 6.18 Å². The van der Waals surface area contributed by atoms with Gasteiger partial charge in [-0.15, -0.1) is 0 Å². The maximum Gasteiger partial charge on any atom is 0.400 e. The van der Waals surface area contributed by atoms with Crippen molar-refractivity contribution in [2.75, 3.05) is 13.1 Å². The number of nitrogens with zero attached hydrogens (tertiary/aromatic N) is 1. The summed E-state index contributed by atoms with van der Waals surface area (Å²) < 4.78 is 50.6. The van der Waals surface area contributed by atoms with Crippen molar-refractivity contribution in [3.05, 3.63) is 0 Å². The summed E-state index contributed by atoms with van der Waals surface area (Å²) >= 11 is 0. The molecule has 1 unspecified atom stereocenters. The van der Waals surface area contributed by atoms with Crippen LogP contribution in [0, 0.1) is 17.8 Å². The van der Waals surface area contributed by atoms with Crippen molar-refractivity contribution < 1.29 is 22.4 Å². The molecule has 0 aromatic carbocycles. The van der Waals surface area contributed by atoms with Gasteiger partial charge in [0.25, 0.3) is 0 Å². The number of alkyl halides is 4. The Morgan fingerprint density at radius 1 is 1.24 bits per heavy atom. The second kappa shape index (κ2) is 4.82. The zero-order chi connectivity index (χ0) is 13.4. The van der Waals surface area contributed by atoms with E-state index in [1.165, 1.54) is 0 Å². The molecule has 0 N–H and O–H groups in total. The van der Waals surface area contributed by atoms with E-state index >= 15 is 0 Å².